The first-order valence-corrected chi connectivity index (χ1v) is 5.79. The van der Waals surface area contributed by atoms with Gasteiger partial charge in [-0.1, -0.05) is 18.2 Å². The Morgan fingerprint density at radius 1 is 1.28 bits per heavy atom. The van der Waals surface area contributed by atoms with E-state index in [0.29, 0.717) is 31.2 Å². The Morgan fingerprint density at radius 3 is 2.67 bits per heavy atom. The van der Waals surface area contributed by atoms with Crippen LogP contribution in [0.4, 0.5) is 8.78 Å². The molecule has 0 spiro atoms. The Bertz CT molecular complexity index is 428. The molecule has 0 heterocycles. The van der Waals surface area contributed by atoms with Gasteiger partial charge in [-0.25, -0.2) is 8.78 Å². The van der Waals surface area contributed by atoms with Gasteiger partial charge in [0.05, 0.1) is 7.11 Å². The highest BCUT2D eigenvalue weighted by Crippen LogP contribution is 2.11. The van der Waals surface area contributed by atoms with Crippen LogP contribution in [0.15, 0.2) is 30.4 Å². The summed E-state index contributed by atoms with van der Waals surface area (Å²) in [6.07, 6.45) is 5.87. The molecule has 0 radical (unpaired) electrons. The predicted octanol–water partition coefficient (Wildman–Crippen LogP) is 3.41. The van der Waals surface area contributed by atoms with Crippen molar-refractivity contribution in [1.29, 1.82) is 0 Å². The van der Waals surface area contributed by atoms with Crippen LogP contribution in [0.25, 0.3) is 0 Å². The van der Waals surface area contributed by atoms with Gasteiger partial charge in [-0.05, 0) is 30.9 Å². The molecule has 0 saturated carbocycles. The van der Waals surface area contributed by atoms with Crippen LogP contribution in [0.2, 0.25) is 0 Å². The molecule has 1 rings (SSSR count). The molecule has 0 aliphatic carbocycles. The summed E-state index contributed by atoms with van der Waals surface area (Å²) in [5.41, 5.74) is 0.494. The summed E-state index contributed by atoms with van der Waals surface area (Å²) in [5.74, 6) is -1.33. The molecular formula is C14H16F2O2. The Labute approximate surface area is 105 Å². The van der Waals surface area contributed by atoms with Crippen molar-refractivity contribution in [2.45, 2.75) is 25.7 Å². The van der Waals surface area contributed by atoms with Gasteiger partial charge >= 0.3 is 5.97 Å². The minimum Gasteiger partial charge on any atom is -0.469 e. The number of hydrogen-bond donors (Lipinski definition) is 0. The Kier molecular flexibility index (Phi) is 6.05. The van der Waals surface area contributed by atoms with Crippen LogP contribution in [0.3, 0.4) is 0 Å². The van der Waals surface area contributed by atoms with Crippen molar-refractivity contribution in [2.24, 2.45) is 0 Å². The highest BCUT2D eigenvalue weighted by atomic mass is 19.1. The molecular weight excluding hydrogens is 238 g/mol. The van der Waals surface area contributed by atoms with E-state index in [1.807, 2.05) is 12.2 Å². The van der Waals surface area contributed by atoms with Crippen molar-refractivity contribution < 1.29 is 18.3 Å². The Hall–Kier alpha value is -1.71. The van der Waals surface area contributed by atoms with Crippen LogP contribution in [0.1, 0.15) is 24.8 Å². The number of esters is 1. The smallest absolute Gasteiger partial charge is 0.305 e. The maximum atomic E-state index is 13.3. The third-order valence-electron chi connectivity index (χ3n) is 2.50. The summed E-state index contributed by atoms with van der Waals surface area (Å²) >= 11 is 0. The summed E-state index contributed by atoms with van der Waals surface area (Å²) < 4.78 is 30.4. The molecule has 1 aromatic rings. The van der Waals surface area contributed by atoms with E-state index >= 15 is 0 Å². The number of carbonyl (C=O) groups is 1. The van der Waals surface area contributed by atoms with Gasteiger partial charge in [0.2, 0.25) is 0 Å². The lowest BCUT2D eigenvalue weighted by molar-refractivity contribution is -0.140. The first kappa shape index (κ1) is 14.4. The number of benzene rings is 1. The van der Waals surface area contributed by atoms with E-state index in [0.717, 1.165) is 6.07 Å². The van der Waals surface area contributed by atoms with Gasteiger partial charge < -0.3 is 4.74 Å². The average molecular weight is 254 g/mol. The summed E-state index contributed by atoms with van der Waals surface area (Å²) in [4.78, 5) is 10.8. The number of aryl methyl sites for hydroxylation is 1. The van der Waals surface area contributed by atoms with Gasteiger partial charge in [0.1, 0.15) is 11.6 Å². The molecule has 0 atom stereocenters. The standard InChI is InChI=1S/C14H16F2O2/c1-18-14(17)7-5-3-2-4-6-11-8-9-12(15)10-13(11)16/h2-3,8-10H,4-7H2,1H3. The fraction of sp³-hybridized carbons (Fsp3) is 0.357. The quantitative estimate of drug-likeness (QED) is 0.574. The highest BCUT2D eigenvalue weighted by Gasteiger charge is 2.02. The minimum atomic E-state index is -0.565. The summed E-state index contributed by atoms with van der Waals surface area (Å²) in [5, 5.41) is 0. The molecule has 0 aliphatic heterocycles. The van der Waals surface area contributed by atoms with Crippen LogP contribution < -0.4 is 0 Å². The van der Waals surface area contributed by atoms with E-state index in [9.17, 15) is 13.6 Å². The zero-order chi connectivity index (χ0) is 13.4. The van der Waals surface area contributed by atoms with E-state index in [-0.39, 0.29) is 5.97 Å². The summed E-state index contributed by atoms with van der Waals surface area (Å²) in [6.45, 7) is 0. The summed E-state index contributed by atoms with van der Waals surface area (Å²) in [6, 6.07) is 3.59. The SMILES string of the molecule is COC(=O)CCC=CCCc1ccc(F)cc1F. The van der Waals surface area contributed by atoms with Crippen LogP contribution in [-0.2, 0) is 16.0 Å². The largest absolute Gasteiger partial charge is 0.469 e. The molecule has 0 fully saturated rings. The highest BCUT2D eigenvalue weighted by molar-refractivity contribution is 5.69. The van der Waals surface area contributed by atoms with Gasteiger partial charge in [0, 0.05) is 12.5 Å². The maximum absolute atomic E-state index is 13.3. The number of rotatable bonds is 6. The van der Waals surface area contributed by atoms with Gasteiger partial charge in [0.25, 0.3) is 0 Å². The van der Waals surface area contributed by atoms with Crippen molar-refractivity contribution in [2.75, 3.05) is 7.11 Å². The number of ether oxygens (including phenoxy) is 1. The van der Waals surface area contributed by atoms with Gasteiger partial charge in [0.15, 0.2) is 0 Å². The van der Waals surface area contributed by atoms with E-state index in [2.05, 4.69) is 4.74 Å². The molecule has 0 unspecified atom stereocenters. The number of allylic oxidation sites excluding steroid dienone is 2. The Balaban J connectivity index is 2.29. The van der Waals surface area contributed by atoms with Gasteiger partial charge in [-0.2, -0.15) is 0 Å². The van der Waals surface area contributed by atoms with E-state index in [1.165, 1.54) is 19.2 Å². The fourth-order valence-corrected chi connectivity index (χ4v) is 1.50. The first-order chi connectivity index (χ1) is 8.63. The number of hydrogen-bond acceptors (Lipinski definition) is 2. The lowest BCUT2D eigenvalue weighted by atomic mass is 10.1. The summed E-state index contributed by atoms with van der Waals surface area (Å²) in [7, 11) is 1.35. The maximum Gasteiger partial charge on any atom is 0.305 e. The minimum absolute atomic E-state index is 0.246. The van der Waals surface area contributed by atoms with Crippen molar-refractivity contribution >= 4 is 5.97 Å². The third-order valence-corrected chi connectivity index (χ3v) is 2.50. The van der Waals surface area contributed by atoms with Crippen LogP contribution in [0.5, 0.6) is 0 Å². The normalized spacial score (nSPS) is 10.8. The second-order valence-electron chi connectivity index (χ2n) is 3.86. The molecule has 1 aromatic carbocycles. The zero-order valence-corrected chi connectivity index (χ0v) is 10.3. The van der Waals surface area contributed by atoms with E-state index in [1.54, 1.807) is 0 Å². The van der Waals surface area contributed by atoms with Crippen LogP contribution in [-0.4, -0.2) is 13.1 Å². The van der Waals surface area contributed by atoms with Crippen molar-refractivity contribution in [3.05, 3.63) is 47.5 Å². The second-order valence-corrected chi connectivity index (χ2v) is 3.86. The lowest BCUT2D eigenvalue weighted by Crippen LogP contribution is -1.98. The monoisotopic (exact) mass is 254 g/mol. The molecule has 4 heteroatoms. The first-order valence-electron chi connectivity index (χ1n) is 5.79. The molecule has 18 heavy (non-hydrogen) atoms. The van der Waals surface area contributed by atoms with E-state index in [4.69, 9.17) is 0 Å². The molecule has 0 saturated heterocycles. The van der Waals surface area contributed by atoms with Crippen LogP contribution in [0, 0.1) is 11.6 Å². The molecule has 2 nitrogen and oxygen atoms in total. The number of carbonyl (C=O) groups excluding carboxylic acids is 1. The molecule has 0 N–H and O–H groups in total. The van der Waals surface area contributed by atoms with Crippen molar-refractivity contribution in [1.82, 2.24) is 0 Å². The fourth-order valence-electron chi connectivity index (χ4n) is 1.50. The number of methoxy groups -OCH3 is 1. The average Bonchev–Trinajstić information content (AvgIpc) is 2.35. The molecule has 98 valence electrons. The van der Waals surface area contributed by atoms with Gasteiger partial charge in [-0.15, -0.1) is 0 Å². The predicted molar refractivity (Wildman–Crippen MR) is 65.1 cm³/mol. The van der Waals surface area contributed by atoms with Crippen molar-refractivity contribution in [3.63, 3.8) is 0 Å². The molecule has 0 bridgehead atoms. The molecule has 0 aliphatic rings. The van der Waals surface area contributed by atoms with Crippen molar-refractivity contribution in [3.8, 4) is 0 Å². The molecule has 0 aromatic heterocycles. The lowest BCUT2D eigenvalue weighted by Gasteiger charge is -2.00. The topological polar surface area (TPSA) is 26.3 Å². The number of halogens is 2. The van der Waals surface area contributed by atoms with E-state index < -0.39 is 11.6 Å². The molecule has 0 amide bonds. The second kappa shape index (κ2) is 7.58. The third kappa shape index (κ3) is 5.08. The Morgan fingerprint density at radius 2 is 2.00 bits per heavy atom. The van der Waals surface area contributed by atoms with Crippen LogP contribution >= 0.6 is 0 Å². The zero-order valence-electron chi connectivity index (χ0n) is 10.3. The van der Waals surface area contributed by atoms with Gasteiger partial charge in [-0.3, -0.25) is 4.79 Å².